The Labute approximate surface area is 90.5 Å². The summed E-state index contributed by atoms with van der Waals surface area (Å²) in [7, 11) is 0. The van der Waals surface area contributed by atoms with Gasteiger partial charge in [0.25, 0.3) is 0 Å². The van der Waals surface area contributed by atoms with Crippen molar-refractivity contribution in [3.8, 4) is 12.3 Å². The topological polar surface area (TPSA) is 51.2 Å². The van der Waals surface area contributed by atoms with Gasteiger partial charge < -0.3 is 19.3 Å². The van der Waals surface area contributed by atoms with E-state index in [2.05, 4.69) is 5.92 Å². The lowest BCUT2D eigenvalue weighted by Crippen LogP contribution is -2.23. The van der Waals surface area contributed by atoms with E-state index in [9.17, 15) is 5.11 Å². The summed E-state index contributed by atoms with van der Waals surface area (Å²) in [5.74, 6) is 2.53. The number of hydrogen-bond donors (Lipinski definition) is 1. The fraction of sp³-hybridized carbons (Fsp3) is 0.818. The average Bonchev–Trinajstić information content (AvgIpc) is 3.01. The first-order chi connectivity index (χ1) is 7.33. The monoisotopic (exact) mass is 214 g/mol. The second-order valence-corrected chi connectivity index (χ2v) is 3.53. The Balaban J connectivity index is 1.80. The molecule has 0 saturated carbocycles. The fourth-order valence-corrected chi connectivity index (χ4v) is 1.04. The van der Waals surface area contributed by atoms with E-state index in [0.29, 0.717) is 32.8 Å². The molecule has 4 heteroatoms. The Morgan fingerprint density at radius 1 is 1.47 bits per heavy atom. The van der Waals surface area contributed by atoms with Gasteiger partial charge >= 0.3 is 0 Å². The number of aliphatic hydroxyl groups excluding tert-OH is 1. The largest absolute Gasteiger partial charge is 0.388 e. The molecule has 0 bridgehead atoms. The van der Waals surface area contributed by atoms with Crippen LogP contribution < -0.4 is 0 Å². The van der Waals surface area contributed by atoms with Crippen molar-refractivity contribution in [2.75, 3.05) is 33.0 Å². The highest BCUT2D eigenvalue weighted by Crippen LogP contribution is 2.08. The number of aliphatic hydroxyl groups is 1. The van der Waals surface area contributed by atoms with Crippen LogP contribution in [0.2, 0.25) is 0 Å². The first-order valence-electron chi connectivity index (χ1n) is 5.21. The molecule has 86 valence electrons. The molecule has 1 rings (SSSR count). The Hall–Kier alpha value is -0.600. The van der Waals surface area contributed by atoms with Crippen LogP contribution in [0.1, 0.15) is 12.8 Å². The lowest BCUT2D eigenvalue weighted by Gasteiger charge is -2.10. The van der Waals surface area contributed by atoms with Gasteiger partial charge in [0.2, 0.25) is 0 Å². The van der Waals surface area contributed by atoms with Crippen LogP contribution in [0, 0.1) is 12.3 Å². The van der Waals surface area contributed by atoms with E-state index >= 15 is 0 Å². The van der Waals surface area contributed by atoms with Crippen molar-refractivity contribution >= 4 is 0 Å². The van der Waals surface area contributed by atoms with Crippen LogP contribution in [0.4, 0.5) is 0 Å². The second kappa shape index (κ2) is 7.66. The lowest BCUT2D eigenvalue weighted by molar-refractivity contribution is -0.0216. The fourth-order valence-electron chi connectivity index (χ4n) is 1.04. The molecule has 2 atom stereocenters. The number of ether oxygens (including phenoxy) is 3. The molecule has 0 amide bonds. The molecule has 1 fully saturated rings. The van der Waals surface area contributed by atoms with Gasteiger partial charge in [0, 0.05) is 13.0 Å². The molecule has 1 aliphatic heterocycles. The molecule has 1 N–H and O–H groups in total. The normalized spacial score (nSPS) is 20.9. The highest BCUT2D eigenvalue weighted by atomic mass is 16.6. The zero-order valence-electron chi connectivity index (χ0n) is 8.85. The summed E-state index contributed by atoms with van der Waals surface area (Å²) >= 11 is 0. The van der Waals surface area contributed by atoms with E-state index in [0.717, 1.165) is 13.0 Å². The molecule has 2 unspecified atom stereocenters. The van der Waals surface area contributed by atoms with Crippen molar-refractivity contribution in [2.45, 2.75) is 25.0 Å². The number of unbranched alkanes of at least 4 members (excludes halogenated alkanes) is 1. The zero-order valence-corrected chi connectivity index (χ0v) is 8.85. The molecule has 0 aliphatic carbocycles. The second-order valence-electron chi connectivity index (χ2n) is 3.53. The molecular formula is C11H18O4. The summed E-state index contributed by atoms with van der Waals surface area (Å²) in [6.45, 7) is 2.53. The number of epoxide rings is 1. The predicted molar refractivity (Wildman–Crippen MR) is 55.5 cm³/mol. The highest BCUT2D eigenvalue weighted by molar-refractivity contribution is 4.82. The molecule has 0 aromatic carbocycles. The molecule has 4 nitrogen and oxygen atoms in total. The summed E-state index contributed by atoms with van der Waals surface area (Å²) in [5.41, 5.74) is 0. The molecule has 0 spiro atoms. The Morgan fingerprint density at radius 3 is 2.87 bits per heavy atom. The molecule has 0 aromatic heterocycles. The van der Waals surface area contributed by atoms with Crippen molar-refractivity contribution in [1.82, 2.24) is 0 Å². The van der Waals surface area contributed by atoms with Gasteiger partial charge in [0.15, 0.2) is 0 Å². The van der Waals surface area contributed by atoms with Crippen LogP contribution in [0.25, 0.3) is 0 Å². The van der Waals surface area contributed by atoms with E-state index < -0.39 is 6.10 Å². The van der Waals surface area contributed by atoms with Crippen LogP contribution in [-0.2, 0) is 14.2 Å². The summed E-state index contributed by atoms with van der Waals surface area (Å²) < 4.78 is 15.4. The summed E-state index contributed by atoms with van der Waals surface area (Å²) in [4.78, 5) is 0. The van der Waals surface area contributed by atoms with E-state index in [4.69, 9.17) is 20.6 Å². The van der Waals surface area contributed by atoms with Gasteiger partial charge in [-0.25, -0.2) is 0 Å². The summed E-state index contributed by atoms with van der Waals surface area (Å²) in [6, 6.07) is 0. The van der Waals surface area contributed by atoms with Crippen LogP contribution in [0.3, 0.4) is 0 Å². The summed E-state index contributed by atoms with van der Waals surface area (Å²) in [6.07, 6.45) is 6.31. The van der Waals surface area contributed by atoms with E-state index in [1.54, 1.807) is 0 Å². The minimum absolute atomic E-state index is 0.244. The van der Waals surface area contributed by atoms with Crippen LogP contribution >= 0.6 is 0 Å². The van der Waals surface area contributed by atoms with Crippen molar-refractivity contribution in [3.05, 3.63) is 0 Å². The standard InChI is InChI=1S/C11H18O4/c1-2-3-4-5-13-6-10(12)7-14-8-11-9-15-11/h1,10-12H,3-9H2. The third kappa shape index (κ3) is 7.34. The first-order valence-corrected chi connectivity index (χ1v) is 5.21. The van der Waals surface area contributed by atoms with Gasteiger partial charge in [-0.1, -0.05) is 0 Å². The third-order valence-corrected chi connectivity index (χ3v) is 1.94. The maximum atomic E-state index is 9.41. The minimum atomic E-state index is -0.561. The molecule has 0 aromatic rings. The van der Waals surface area contributed by atoms with E-state index in [-0.39, 0.29) is 6.10 Å². The highest BCUT2D eigenvalue weighted by Gasteiger charge is 2.22. The maximum absolute atomic E-state index is 9.41. The van der Waals surface area contributed by atoms with Gasteiger partial charge in [-0.15, -0.1) is 12.3 Å². The van der Waals surface area contributed by atoms with Gasteiger partial charge in [-0.05, 0) is 6.42 Å². The van der Waals surface area contributed by atoms with Crippen molar-refractivity contribution in [1.29, 1.82) is 0 Å². The number of rotatable bonds is 9. The molecule has 15 heavy (non-hydrogen) atoms. The molecule has 0 radical (unpaired) electrons. The minimum Gasteiger partial charge on any atom is -0.388 e. The predicted octanol–water partition coefficient (Wildman–Crippen LogP) is 0.193. The summed E-state index contributed by atoms with van der Waals surface area (Å²) in [5, 5.41) is 9.41. The quantitative estimate of drug-likeness (QED) is 0.338. The smallest absolute Gasteiger partial charge is 0.104 e. The maximum Gasteiger partial charge on any atom is 0.104 e. The number of terminal acetylenes is 1. The molecule has 1 aliphatic rings. The average molecular weight is 214 g/mol. The Bertz CT molecular complexity index is 195. The zero-order chi connectivity index (χ0) is 10.9. The van der Waals surface area contributed by atoms with Crippen molar-refractivity contribution in [2.24, 2.45) is 0 Å². The van der Waals surface area contributed by atoms with E-state index in [1.165, 1.54) is 0 Å². The van der Waals surface area contributed by atoms with Gasteiger partial charge in [-0.3, -0.25) is 0 Å². The Kier molecular flexibility index (Phi) is 6.37. The SMILES string of the molecule is C#CCCCOCC(O)COCC1CO1. The van der Waals surface area contributed by atoms with Gasteiger partial charge in [0.1, 0.15) is 12.2 Å². The van der Waals surface area contributed by atoms with Gasteiger partial charge in [-0.2, -0.15) is 0 Å². The van der Waals surface area contributed by atoms with Gasteiger partial charge in [0.05, 0.1) is 26.4 Å². The Morgan fingerprint density at radius 2 is 2.20 bits per heavy atom. The van der Waals surface area contributed by atoms with Crippen molar-refractivity contribution in [3.63, 3.8) is 0 Å². The molecule has 1 heterocycles. The molecule has 1 saturated heterocycles. The van der Waals surface area contributed by atoms with Crippen molar-refractivity contribution < 1.29 is 19.3 Å². The molecular weight excluding hydrogens is 196 g/mol. The van der Waals surface area contributed by atoms with E-state index in [1.807, 2.05) is 0 Å². The third-order valence-electron chi connectivity index (χ3n) is 1.94. The van der Waals surface area contributed by atoms with Crippen LogP contribution in [-0.4, -0.2) is 50.3 Å². The lowest BCUT2D eigenvalue weighted by atomic mass is 10.3. The first kappa shape index (κ1) is 12.5. The number of hydrogen-bond acceptors (Lipinski definition) is 4. The van der Waals surface area contributed by atoms with Crippen LogP contribution in [0.5, 0.6) is 0 Å². The van der Waals surface area contributed by atoms with Crippen LogP contribution in [0.15, 0.2) is 0 Å².